The molecule has 4 aromatic rings. The van der Waals surface area contributed by atoms with Gasteiger partial charge in [-0.3, -0.25) is 4.68 Å². The van der Waals surface area contributed by atoms with E-state index in [1.54, 1.807) is 4.68 Å². The summed E-state index contributed by atoms with van der Waals surface area (Å²) >= 11 is 1.49. The minimum absolute atomic E-state index is 0.00819. The molecule has 0 spiro atoms. The van der Waals surface area contributed by atoms with Crippen LogP contribution in [0.25, 0.3) is 16.7 Å². The average Bonchev–Trinajstić information content (AvgIpc) is 3.43. The van der Waals surface area contributed by atoms with E-state index in [1.165, 1.54) is 11.5 Å². The van der Waals surface area contributed by atoms with Gasteiger partial charge in [-0.25, -0.2) is 4.98 Å². The Balaban J connectivity index is 1.59. The molecule has 0 radical (unpaired) electrons. The molecule has 0 aliphatic carbocycles. The van der Waals surface area contributed by atoms with Crippen LogP contribution < -0.4 is 4.74 Å². The highest BCUT2D eigenvalue weighted by molar-refractivity contribution is 7.05. The molecule has 1 aliphatic heterocycles. The van der Waals surface area contributed by atoms with Crippen LogP contribution in [0, 0.1) is 6.92 Å². The molecule has 0 aromatic carbocycles. The fourth-order valence-corrected chi connectivity index (χ4v) is 4.12. The van der Waals surface area contributed by atoms with Gasteiger partial charge in [0.15, 0.2) is 0 Å². The van der Waals surface area contributed by atoms with Gasteiger partial charge >= 0.3 is 0 Å². The number of aryl methyl sites for hydroxylation is 2. The summed E-state index contributed by atoms with van der Waals surface area (Å²) < 4.78 is 19.9. The highest BCUT2D eigenvalue weighted by atomic mass is 32.1. The molecular weight excluding hydrogens is 376 g/mol. The molecule has 144 valence electrons. The zero-order chi connectivity index (χ0) is 19.1. The maximum atomic E-state index is 6.26. The van der Waals surface area contributed by atoms with Crippen molar-refractivity contribution < 1.29 is 9.47 Å². The highest BCUT2D eigenvalue weighted by Crippen LogP contribution is 2.29. The molecule has 1 saturated heterocycles. The van der Waals surface area contributed by atoms with Gasteiger partial charge in [-0.1, -0.05) is 0 Å². The van der Waals surface area contributed by atoms with E-state index in [1.807, 2.05) is 43.2 Å². The number of hydrogen-bond donors (Lipinski definition) is 0. The molecule has 1 atom stereocenters. The lowest BCUT2D eigenvalue weighted by Crippen LogP contribution is -2.18. The molecule has 5 heterocycles. The molecule has 9 heteroatoms. The predicted octanol–water partition coefficient (Wildman–Crippen LogP) is 2.68. The first-order valence-electron chi connectivity index (χ1n) is 9.19. The number of fused-ring (bicyclic) bond motifs is 1. The quantitative estimate of drug-likeness (QED) is 0.516. The van der Waals surface area contributed by atoms with Gasteiger partial charge in [0.1, 0.15) is 17.4 Å². The molecule has 1 aliphatic rings. The fraction of sp³-hybridized carbons (Fsp3) is 0.368. The normalized spacial score (nSPS) is 16.9. The van der Waals surface area contributed by atoms with Crippen molar-refractivity contribution in [1.29, 1.82) is 0 Å². The summed E-state index contributed by atoms with van der Waals surface area (Å²) in [5, 5.41) is 4.28. The Kier molecular flexibility index (Phi) is 4.33. The second-order valence-corrected chi connectivity index (χ2v) is 7.84. The monoisotopic (exact) mass is 396 g/mol. The largest absolute Gasteiger partial charge is 0.470 e. The van der Waals surface area contributed by atoms with Crippen LogP contribution in [-0.2, 0) is 18.2 Å². The summed E-state index contributed by atoms with van der Waals surface area (Å²) in [5.41, 5.74) is 3.66. The SMILES string of the molecule is Cc1cc(Cc2nc(O[C@@H]3CCOC3)c3c(ccn3-c3cnn(C)c3)n2)sn1. The van der Waals surface area contributed by atoms with Crippen LogP contribution in [0.2, 0.25) is 0 Å². The molecule has 0 unspecified atom stereocenters. The summed E-state index contributed by atoms with van der Waals surface area (Å²) in [6.45, 7) is 3.30. The van der Waals surface area contributed by atoms with Crippen molar-refractivity contribution in [3.63, 3.8) is 0 Å². The van der Waals surface area contributed by atoms with Crippen LogP contribution in [-0.4, -0.2) is 48.0 Å². The van der Waals surface area contributed by atoms with Gasteiger partial charge in [0.25, 0.3) is 0 Å². The molecule has 0 saturated carbocycles. The molecule has 5 rings (SSSR count). The van der Waals surface area contributed by atoms with Gasteiger partial charge in [-0.15, -0.1) is 0 Å². The first kappa shape index (κ1) is 17.3. The number of nitrogens with zero attached hydrogens (tertiary/aromatic N) is 6. The van der Waals surface area contributed by atoms with E-state index in [-0.39, 0.29) is 6.10 Å². The van der Waals surface area contributed by atoms with Crippen molar-refractivity contribution in [3.05, 3.63) is 47.1 Å². The Morgan fingerprint density at radius 1 is 1.36 bits per heavy atom. The molecule has 8 nitrogen and oxygen atoms in total. The zero-order valence-electron chi connectivity index (χ0n) is 15.7. The van der Waals surface area contributed by atoms with E-state index in [0.29, 0.717) is 18.9 Å². The van der Waals surface area contributed by atoms with Crippen molar-refractivity contribution in [2.75, 3.05) is 13.2 Å². The van der Waals surface area contributed by atoms with Crippen LogP contribution in [0.4, 0.5) is 0 Å². The lowest BCUT2D eigenvalue weighted by molar-refractivity contribution is 0.139. The minimum atomic E-state index is 0.00819. The van der Waals surface area contributed by atoms with E-state index in [2.05, 4.69) is 15.5 Å². The minimum Gasteiger partial charge on any atom is -0.470 e. The summed E-state index contributed by atoms with van der Waals surface area (Å²) in [6.07, 6.45) is 7.26. The second kappa shape index (κ2) is 6.99. The molecular formula is C19H20N6O2S. The third-order valence-corrected chi connectivity index (χ3v) is 5.57. The lowest BCUT2D eigenvalue weighted by atomic mass is 10.3. The van der Waals surface area contributed by atoms with Crippen LogP contribution in [0.3, 0.4) is 0 Å². The van der Waals surface area contributed by atoms with Crippen molar-refractivity contribution in [2.45, 2.75) is 25.9 Å². The maximum absolute atomic E-state index is 6.26. The Labute approximate surface area is 165 Å². The van der Waals surface area contributed by atoms with Crippen LogP contribution in [0.15, 0.2) is 30.7 Å². The molecule has 0 N–H and O–H groups in total. The average molecular weight is 396 g/mol. The number of ether oxygens (including phenoxy) is 2. The Hall–Kier alpha value is -2.78. The molecule has 0 amide bonds. The first-order valence-corrected chi connectivity index (χ1v) is 9.96. The predicted molar refractivity (Wildman–Crippen MR) is 105 cm³/mol. The van der Waals surface area contributed by atoms with E-state index in [0.717, 1.165) is 46.1 Å². The molecule has 4 aromatic heterocycles. The molecule has 1 fully saturated rings. The first-order chi connectivity index (χ1) is 13.7. The standard InChI is InChI=1S/C19H20N6O2S/c1-12-7-15(28-23-12)8-17-21-16-3-5-25(13-9-20-24(2)10-13)18(16)19(22-17)27-14-4-6-26-11-14/h3,5,7,9-10,14H,4,6,8,11H2,1-2H3/t14-/m1/s1. The topological polar surface area (TPSA) is 79.9 Å². The summed E-state index contributed by atoms with van der Waals surface area (Å²) in [6, 6.07) is 4.06. The summed E-state index contributed by atoms with van der Waals surface area (Å²) in [7, 11) is 1.90. The van der Waals surface area contributed by atoms with Gasteiger partial charge in [0, 0.05) is 37.2 Å². The van der Waals surface area contributed by atoms with Crippen molar-refractivity contribution in [1.82, 2.24) is 28.7 Å². The van der Waals surface area contributed by atoms with E-state index in [9.17, 15) is 0 Å². The summed E-state index contributed by atoms with van der Waals surface area (Å²) in [4.78, 5) is 10.7. The zero-order valence-corrected chi connectivity index (χ0v) is 16.5. The van der Waals surface area contributed by atoms with Crippen LogP contribution in [0.5, 0.6) is 5.88 Å². The number of hydrogen-bond acceptors (Lipinski definition) is 7. The Morgan fingerprint density at radius 2 is 2.29 bits per heavy atom. The van der Waals surface area contributed by atoms with Crippen molar-refractivity contribution in [2.24, 2.45) is 7.05 Å². The van der Waals surface area contributed by atoms with Gasteiger partial charge in [0.2, 0.25) is 5.88 Å². The second-order valence-electron chi connectivity index (χ2n) is 6.95. The highest BCUT2D eigenvalue weighted by Gasteiger charge is 2.22. The van der Waals surface area contributed by atoms with Gasteiger partial charge in [0.05, 0.1) is 36.3 Å². The third kappa shape index (κ3) is 3.27. The van der Waals surface area contributed by atoms with Crippen molar-refractivity contribution >= 4 is 22.6 Å². The summed E-state index contributed by atoms with van der Waals surface area (Å²) in [5.74, 6) is 1.32. The lowest BCUT2D eigenvalue weighted by Gasteiger charge is -2.14. The van der Waals surface area contributed by atoms with Crippen LogP contribution in [0.1, 0.15) is 22.8 Å². The Bertz CT molecular complexity index is 1120. The van der Waals surface area contributed by atoms with Crippen LogP contribution >= 0.6 is 11.5 Å². The smallest absolute Gasteiger partial charge is 0.242 e. The molecule has 0 bridgehead atoms. The number of aromatic nitrogens is 6. The van der Waals surface area contributed by atoms with Gasteiger partial charge in [-0.05, 0) is 30.6 Å². The van der Waals surface area contributed by atoms with E-state index >= 15 is 0 Å². The van der Waals surface area contributed by atoms with E-state index in [4.69, 9.17) is 19.4 Å². The molecule has 28 heavy (non-hydrogen) atoms. The van der Waals surface area contributed by atoms with Gasteiger partial charge < -0.3 is 14.0 Å². The Morgan fingerprint density at radius 3 is 3.00 bits per heavy atom. The van der Waals surface area contributed by atoms with E-state index < -0.39 is 0 Å². The fourth-order valence-electron chi connectivity index (χ4n) is 3.39. The van der Waals surface area contributed by atoms with Crippen molar-refractivity contribution in [3.8, 4) is 11.6 Å². The number of rotatable bonds is 5. The van der Waals surface area contributed by atoms with Gasteiger partial charge in [-0.2, -0.15) is 14.5 Å². The third-order valence-electron chi connectivity index (χ3n) is 4.69. The maximum Gasteiger partial charge on any atom is 0.242 e.